The van der Waals surface area contributed by atoms with Crippen molar-refractivity contribution in [1.82, 2.24) is 5.32 Å². The first-order chi connectivity index (χ1) is 7.83. The lowest BCUT2D eigenvalue weighted by atomic mass is 9.94. The lowest BCUT2D eigenvalue weighted by Crippen LogP contribution is -2.36. The van der Waals surface area contributed by atoms with Crippen molar-refractivity contribution in [3.8, 4) is 0 Å². The largest absolute Gasteiger partial charge is 0.310 e. The van der Waals surface area contributed by atoms with Crippen LogP contribution in [-0.2, 0) is 4.79 Å². The van der Waals surface area contributed by atoms with Gasteiger partial charge in [-0.05, 0) is 31.1 Å². The van der Waals surface area contributed by atoms with Gasteiger partial charge >= 0.3 is 0 Å². The first-order valence-corrected chi connectivity index (χ1v) is 6.45. The molecule has 2 saturated carbocycles. The number of hydrogen-bond donors (Lipinski definition) is 1. The van der Waals surface area contributed by atoms with Crippen molar-refractivity contribution in [3.63, 3.8) is 0 Å². The minimum Gasteiger partial charge on any atom is -0.310 e. The molecule has 86 valence electrons. The highest BCUT2D eigenvalue weighted by Crippen LogP contribution is 2.44. The molecule has 0 amide bonds. The van der Waals surface area contributed by atoms with Gasteiger partial charge in [0.05, 0.1) is 0 Å². The van der Waals surface area contributed by atoms with E-state index in [1.54, 1.807) is 0 Å². The fraction of sp³-hybridized carbons (Fsp3) is 0.643. The Morgan fingerprint density at radius 2 is 2.25 bits per heavy atom. The standard InChI is InChI=1S/C14H19NO/c16-14-4-2-1-3-12(14)9-15-13-8-10-5-6-11(13)7-10/h1-3,10-11,13,15H,4-9H2. The Bertz CT molecular complexity index is 356. The van der Waals surface area contributed by atoms with Gasteiger partial charge in [0.1, 0.15) is 0 Å². The van der Waals surface area contributed by atoms with Crippen LogP contribution in [0.5, 0.6) is 0 Å². The summed E-state index contributed by atoms with van der Waals surface area (Å²) in [5, 5.41) is 3.59. The van der Waals surface area contributed by atoms with E-state index in [-0.39, 0.29) is 5.78 Å². The predicted octanol–water partition coefficient (Wildman–Crippen LogP) is 2.22. The van der Waals surface area contributed by atoms with Gasteiger partial charge in [0.25, 0.3) is 0 Å². The number of fused-ring (bicyclic) bond motifs is 2. The van der Waals surface area contributed by atoms with Gasteiger partial charge in [-0.25, -0.2) is 0 Å². The van der Waals surface area contributed by atoms with E-state index in [1.165, 1.54) is 25.7 Å². The number of ketones is 1. The highest BCUT2D eigenvalue weighted by molar-refractivity contribution is 5.98. The summed E-state index contributed by atoms with van der Waals surface area (Å²) < 4.78 is 0. The molecule has 2 heteroatoms. The molecule has 3 unspecified atom stereocenters. The Balaban J connectivity index is 1.55. The smallest absolute Gasteiger partial charge is 0.163 e. The third-order valence-electron chi connectivity index (χ3n) is 4.39. The molecule has 3 atom stereocenters. The van der Waals surface area contributed by atoms with Gasteiger partial charge < -0.3 is 5.32 Å². The van der Waals surface area contributed by atoms with Crippen molar-refractivity contribution < 1.29 is 4.79 Å². The minimum atomic E-state index is 0.290. The Kier molecular flexibility index (Phi) is 2.68. The van der Waals surface area contributed by atoms with Gasteiger partial charge in [0.2, 0.25) is 0 Å². The van der Waals surface area contributed by atoms with E-state index in [1.807, 2.05) is 18.2 Å². The number of carbonyl (C=O) groups excluding carboxylic acids is 1. The van der Waals surface area contributed by atoms with E-state index in [0.29, 0.717) is 12.5 Å². The summed E-state index contributed by atoms with van der Waals surface area (Å²) in [5.74, 6) is 2.15. The van der Waals surface area contributed by atoms with Crippen LogP contribution in [0.25, 0.3) is 0 Å². The number of rotatable bonds is 3. The molecule has 2 fully saturated rings. The Labute approximate surface area is 96.8 Å². The molecule has 0 spiro atoms. The first kappa shape index (κ1) is 10.3. The summed E-state index contributed by atoms with van der Waals surface area (Å²) in [4.78, 5) is 11.6. The van der Waals surface area contributed by atoms with Gasteiger partial charge in [-0.2, -0.15) is 0 Å². The first-order valence-electron chi connectivity index (χ1n) is 6.45. The molecule has 0 aliphatic heterocycles. The maximum absolute atomic E-state index is 11.6. The number of hydrogen-bond acceptors (Lipinski definition) is 2. The summed E-state index contributed by atoms with van der Waals surface area (Å²) in [5.41, 5.74) is 0.963. The normalized spacial score (nSPS) is 36.9. The second-order valence-electron chi connectivity index (χ2n) is 5.41. The van der Waals surface area contributed by atoms with Crippen molar-refractivity contribution in [2.24, 2.45) is 11.8 Å². The van der Waals surface area contributed by atoms with E-state index >= 15 is 0 Å². The number of allylic oxidation sites excluding steroid dienone is 3. The van der Waals surface area contributed by atoms with Gasteiger partial charge in [-0.1, -0.05) is 24.6 Å². The quantitative estimate of drug-likeness (QED) is 0.785. The van der Waals surface area contributed by atoms with Crippen molar-refractivity contribution in [3.05, 3.63) is 23.8 Å². The zero-order chi connectivity index (χ0) is 11.0. The second kappa shape index (κ2) is 4.17. The second-order valence-corrected chi connectivity index (χ2v) is 5.41. The van der Waals surface area contributed by atoms with E-state index in [0.717, 1.165) is 24.0 Å². The van der Waals surface area contributed by atoms with E-state index < -0.39 is 0 Å². The molecular weight excluding hydrogens is 198 g/mol. The lowest BCUT2D eigenvalue weighted by Gasteiger charge is -2.23. The molecule has 3 aliphatic rings. The molecule has 1 N–H and O–H groups in total. The van der Waals surface area contributed by atoms with Crippen LogP contribution < -0.4 is 5.32 Å². The average Bonchev–Trinajstić information content (AvgIpc) is 2.90. The molecule has 0 radical (unpaired) electrons. The number of carbonyl (C=O) groups is 1. The summed E-state index contributed by atoms with van der Waals surface area (Å²) in [6.07, 6.45) is 12.1. The van der Waals surface area contributed by atoms with Crippen LogP contribution in [0.15, 0.2) is 23.8 Å². The maximum atomic E-state index is 11.6. The zero-order valence-corrected chi connectivity index (χ0v) is 9.61. The van der Waals surface area contributed by atoms with Crippen LogP contribution in [0.1, 0.15) is 32.1 Å². The highest BCUT2D eigenvalue weighted by Gasteiger charge is 2.39. The average molecular weight is 217 g/mol. The summed E-state index contributed by atoms with van der Waals surface area (Å²) in [7, 11) is 0. The van der Waals surface area contributed by atoms with Crippen molar-refractivity contribution in [1.29, 1.82) is 0 Å². The van der Waals surface area contributed by atoms with E-state index in [9.17, 15) is 4.79 Å². The van der Waals surface area contributed by atoms with Crippen LogP contribution >= 0.6 is 0 Å². The monoisotopic (exact) mass is 217 g/mol. The molecule has 0 aromatic carbocycles. The Hall–Kier alpha value is -0.890. The Morgan fingerprint density at radius 3 is 2.94 bits per heavy atom. The Morgan fingerprint density at radius 1 is 1.31 bits per heavy atom. The van der Waals surface area contributed by atoms with Crippen LogP contribution in [0, 0.1) is 11.8 Å². The van der Waals surface area contributed by atoms with Gasteiger partial charge in [0.15, 0.2) is 5.78 Å². The van der Waals surface area contributed by atoms with E-state index in [4.69, 9.17) is 0 Å². The summed E-state index contributed by atoms with van der Waals surface area (Å²) >= 11 is 0. The molecular formula is C14H19NO. The van der Waals surface area contributed by atoms with E-state index in [2.05, 4.69) is 5.32 Å². The van der Waals surface area contributed by atoms with Gasteiger partial charge in [-0.15, -0.1) is 0 Å². The third kappa shape index (κ3) is 1.86. The number of Topliss-reactive ketones (excluding diaryl/α,β-unsaturated/α-hetero) is 1. The molecule has 2 nitrogen and oxygen atoms in total. The molecule has 2 bridgehead atoms. The molecule has 0 saturated heterocycles. The van der Waals surface area contributed by atoms with Crippen LogP contribution in [-0.4, -0.2) is 18.4 Å². The summed E-state index contributed by atoms with van der Waals surface area (Å²) in [6.45, 7) is 0.775. The van der Waals surface area contributed by atoms with Crippen LogP contribution in [0.3, 0.4) is 0 Å². The lowest BCUT2D eigenvalue weighted by molar-refractivity contribution is -0.114. The molecule has 3 rings (SSSR count). The highest BCUT2D eigenvalue weighted by atomic mass is 16.1. The minimum absolute atomic E-state index is 0.290. The van der Waals surface area contributed by atoms with Crippen molar-refractivity contribution in [2.75, 3.05) is 6.54 Å². The molecule has 16 heavy (non-hydrogen) atoms. The molecule has 0 aromatic heterocycles. The molecule has 0 aromatic rings. The fourth-order valence-corrected chi connectivity index (χ4v) is 3.48. The third-order valence-corrected chi connectivity index (χ3v) is 4.39. The molecule has 3 aliphatic carbocycles. The molecule has 0 heterocycles. The SMILES string of the molecule is O=C1CC=CC=C1CNC1CC2CCC1C2. The maximum Gasteiger partial charge on any atom is 0.163 e. The summed E-state index contributed by atoms with van der Waals surface area (Å²) in [6, 6.07) is 0.679. The van der Waals surface area contributed by atoms with Crippen molar-refractivity contribution in [2.45, 2.75) is 38.1 Å². The van der Waals surface area contributed by atoms with Crippen LogP contribution in [0.4, 0.5) is 0 Å². The van der Waals surface area contributed by atoms with Gasteiger partial charge in [-0.3, -0.25) is 4.79 Å². The van der Waals surface area contributed by atoms with Crippen LogP contribution in [0.2, 0.25) is 0 Å². The predicted molar refractivity (Wildman–Crippen MR) is 64.1 cm³/mol. The fourth-order valence-electron chi connectivity index (χ4n) is 3.48. The van der Waals surface area contributed by atoms with Crippen molar-refractivity contribution >= 4 is 5.78 Å². The zero-order valence-electron chi connectivity index (χ0n) is 9.61. The van der Waals surface area contributed by atoms with Gasteiger partial charge in [0, 0.05) is 24.6 Å². The number of nitrogens with one attached hydrogen (secondary N) is 1. The topological polar surface area (TPSA) is 29.1 Å².